The Labute approximate surface area is 117 Å². The Morgan fingerprint density at radius 1 is 1.47 bits per heavy atom. The van der Waals surface area contributed by atoms with Crippen molar-refractivity contribution in [2.45, 2.75) is 37.3 Å². The van der Waals surface area contributed by atoms with Crippen molar-refractivity contribution in [3.8, 4) is 6.07 Å². The van der Waals surface area contributed by atoms with Crippen LogP contribution in [0.1, 0.15) is 30.6 Å². The molecule has 2 atom stereocenters. The fourth-order valence-corrected chi connectivity index (χ4v) is 2.47. The van der Waals surface area contributed by atoms with Crippen LogP contribution in [-0.2, 0) is 0 Å². The van der Waals surface area contributed by atoms with E-state index in [9.17, 15) is 9.90 Å². The molecule has 2 N–H and O–H groups in total. The molecule has 5 heteroatoms. The normalized spacial score (nSPS) is 13.4. The first-order valence-corrected chi connectivity index (χ1v) is 7.11. The molecule has 19 heavy (non-hydrogen) atoms. The molecule has 0 aliphatic heterocycles. The Morgan fingerprint density at radius 2 is 2.16 bits per heavy atom. The molecule has 1 rings (SSSR count). The molecule has 0 radical (unpaired) electrons. The zero-order valence-corrected chi connectivity index (χ0v) is 11.9. The van der Waals surface area contributed by atoms with Crippen molar-refractivity contribution in [3.63, 3.8) is 0 Å². The summed E-state index contributed by atoms with van der Waals surface area (Å²) in [7, 11) is 0. The quantitative estimate of drug-likeness (QED) is 0.782. The number of hydrogen-bond donors (Lipinski definition) is 2. The van der Waals surface area contributed by atoms with Crippen LogP contribution in [0.4, 0.5) is 0 Å². The van der Waals surface area contributed by atoms with Gasteiger partial charge >= 0.3 is 0 Å². The van der Waals surface area contributed by atoms with Crippen LogP contribution in [0.25, 0.3) is 0 Å². The Bertz CT molecular complexity index is 469. The average Bonchev–Trinajstić information content (AvgIpc) is 2.35. The molecule has 2 unspecified atom stereocenters. The summed E-state index contributed by atoms with van der Waals surface area (Å²) in [6.07, 6.45) is 0.0673. The number of carbonyl (C=O) groups excluding carboxylic acids is 1. The molecule has 0 aliphatic rings. The van der Waals surface area contributed by atoms with E-state index in [1.165, 1.54) is 11.8 Å². The monoisotopic (exact) mass is 278 g/mol. The van der Waals surface area contributed by atoms with Crippen LogP contribution in [0.5, 0.6) is 0 Å². The summed E-state index contributed by atoms with van der Waals surface area (Å²) in [6, 6.07) is 9.16. The van der Waals surface area contributed by atoms with Crippen molar-refractivity contribution in [1.29, 1.82) is 5.26 Å². The molecular weight excluding hydrogens is 260 g/mol. The minimum atomic E-state index is -0.446. The molecule has 0 heterocycles. The number of amides is 1. The first-order chi connectivity index (χ1) is 9.04. The predicted molar refractivity (Wildman–Crippen MR) is 76.0 cm³/mol. The average molecular weight is 278 g/mol. The number of thioether (sulfide) groups is 1. The standard InChI is InChI=1S/C14H18N2O2S/c1-10(9-11(2)17)16-14(18)12-5-3-4-6-13(12)19-8-7-15/h3-6,10-11,17H,8-9H2,1-2H3,(H,16,18). The molecule has 1 aromatic carbocycles. The van der Waals surface area contributed by atoms with E-state index in [4.69, 9.17) is 5.26 Å². The van der Waals surface area contributed by atoms with Crippen molar-refractivity contribution in [2.75, 3.05) is 5.75 Å². The molecule has 1 aromatic rings. The van der Waals surface area contributed by atoms with Crippen molar-refractivity contribution in [3.05, 3.63) is 29.8 Å². The lowest BCUT2D eigenvalue weighted by Gasteiger charge is -2.16. The third-order valence-electron chi connectivity index (χ3n) is 2.50. The van der Waals surface area contributed by atoms with E-state index in [1.54, 1.807) is 19.1 Å². The van der Waals surface area contributed by atoms with E-state index >= 15 is 0 Å². The maximum absolute atomic E-state index is 12.1. The second kappa shape index (κ2) is 7.82. The van der Waals surface area contributed by atoms with Crippen LogP contribution in [0.15, 0.2) is 29.2 Å². The summed E-state index contributed by atoms with van der Waals surface area (Å²) in [5, 5.41) is 20.7. The van der Waals surface area contributed by atoms with Gasteiger partial charge in [0, 0.05) is 10.9 Å². The van der Waals surface area contributed by atoms with Gasteiger partial charge in [-0.2, -0.15) is 5.26 Å². The lowest BCUT2D eigenvalue weighted by molar-refractivity contribution is 0.0920. The highest BCUT2D eigenvalue weighted by molar-refractivity contribution is 7.99. The highest BCUT2D eigenvalue weighted by atomic mass is 32.2. The van der Waals surface area contributed by atoms with E-state index in [1.807, 2.05) is 25.1 Å². The molecule has 102 valence electrons. The van der Waals surface area contributed by atoms with Crippen LogP contribution in [0, 0.1) is 11.3 Å². The summed E-state index contributed by atoms with van der Waals surface area (Å²) in [5.41, 5.74) is 0.570. The minimum Gasteiger partial charge on any atom is -0.393 e. The van der Waals surface area contributed by atoms with Crippen molar-refractivity contribution in [1.82, 2.24) is 5.32 Å². The van der Waals surface area contributed by atoms with Gasteiger partial charge in [0.2, 0.25) is 0 Å². The van der Waals surface area contributed by atoms with E-state index in [0.717, 1.165) is 4.90 Å². The zero-order valence-electron chi connectivity index (χ0n) is 11.1. The minimum absolute atomic E-state index is 0.0958. The molecule has 0 bridgehead atoms. The lowest BCUT2D eigenvalue weighted by atomic mass is 10.1. The van der Waals surface area contributed by atoms with Gasteiger partial charge in [-0.3, -0.25) is 4.79 Å². The van der Waals surface area contributed by atoms with Crippen LogP contribution in [0.3, 0.4) is 0 Å². The molecule has 0 aliphatic carbocycles. The predicted octanol–water partition coefficient (Wildman–Crippen LogP) is 2.19. The lowest BCUT2D eigenvalue weighted by Crippen LogP contribution is -2.34. The van der Waals surface area contributed by atoms with Gasteiger partial charge in [-0.25, -0.2) is 0 Å². The van der Waals surface area contributed by atoms with E-state index in [-0.39, 0.29) is 11.9 Å². The number of aliphatic hydroxyl groups is 1. The number of carbonyl (C=O) groups is 1. The van der Waals surface area contributed by atoms with Crippen molar-refractivity contribution in [2.24, 2.45) is 0 Å². The van der Waals surface area contributed by atoms with Gasteiger partial charge in [0.1, 0.15) is 0 Å². The van der Waals surface area contributed by atoms with Crippen molar-refractivity contribution >= 4 is 17.7 Å². The summed E-state index contributed by atoms with van der Waals surface area (Å²) in [4.78, 5) is 12.9. The smallest absolute Gasteiger partial charge is 0.252 e. The van der Waals surface area contributed by atoms with Gasteiger partial charge in [-0.15, -0.1) is 11.8 Å². The molecule has 0 saturated heterocycles. The molecule has 0 saturated carbocycles. The SMILES string of the molecule is CC(O)CC(C)NC(=O)c1ccccc1SCC#N. The number of rotatable bonds is 6. The maximum atomic E-state index is 12.1. The number of nitrogens with zero attached hydrogens (tertiary/aromatic N) is 1. The zero-order chi connectivity index (χ0) is 14.3. The Morgan fingerprint density at radius 3 is 2.79 bits per heavy atom. The Balaban J connectivity index is 2.73. The molecular formula is C14H18N2O2S. The van der Waals surface area contributed by atoms with Crippen LogP contribution in [0.2, 0.25) is 0 Å². The fourth-order valence-electron chi connectivity index (χ4n) is 1.76. The van der Waals surface area contributed by atoms with E-state index in [0.29, 0.717) is 17.7 Å². The van der Waals surface area contributed by atoms with Crippen LogP contribution < -0.4 is 5.32 Å². The van der Waals surface area contributed by atoms with Crippen molar-refractivity contribution < 1.29 is 9.90 Å². The van der Waals surface area contributed by atoms with E-state index < -0.39 is 6.10 Å². The van der Waals surface area contributed by atoms with Gasteiger partial charge in [0.05, 0.1) is 23.5 Å². The highest BCUT2D eigenvalue weighted by Crippen LogP contribution is 2.22. The first kappa shape index (κ1) is 15.5. The fraction of sp³-hybridized carbons (Fsp3) is 0.429. The second-order valence-electron chi connectivity index (χ2n) is 4.40. The number of nitriles is 1. The molecule has 0 aromatic heterocycles. The van der Waals surface area contributed by atoms with Gasteiger partial charge in [-0.05, 0) is 32.4 Å². The maximum Gasteiger partial charge on any atom is 0.252 e. The topological polar surface area (TPSA) is 73.1 Å². The number of nitrogens with one attached hydrogen (secondary N) is 1. The second-order valence-corrected chi connectivity index (χ2v) is 5.42. The van der Waals surface area contributed by atoms with Crippen LogP contribution >= 0.6 is 11.8 Å². The van der Waals surface area contributed by atoms with Crippen LogP contribution in [-0.4, -0.2) is 28.9 Å². The van der Waals surface area contributed by atoms with Gasteiger partial charge in [0.15, 0.2) is 0 Å². The third-order valence-corrected chi connectivity index (χ3v) is 3.44. The Hall–Kier alpha value is -1.51. The number of hydrogen-bond acceptors (Lipinski definition) is 4. The largest absolute Gasteiger partial charge is 0.393 e. The summed E-state index contributed by atoms with van der Waals surface area (Å²) in [6.45, 7) is 3.55. The molecule has 1 amide bonds. The number of aliphatic hydroxyl groups excluding tert-OH is 1. The summed E-state index contributed by atoms with van der Waals surface area (Å²) in [5.74, 6) is 0.141. The summed E-state index contributed by atoms with van der Waals surface area (Å²) < 4.78 is 0. The highest BCUT2D eigenvalue weighted by Gasteiger charge is 2.14. The summed E-state index contributed by atoms with van der Waals surface area (Å²) >= 11 is 1.35. The third kappa shape index (κ3) is 5.33. The van der Waals surface area contributed by atoms with Gasteiger partial charge in [-0.1, -0.05) is 12.1 Å². The molecule has 0 fully saturated rings. The Kier molecular flexibility index (Phi) is 6.40. The van der Waals surface area contributed by atoms with Gasteiger partial charge in [0.25, 0.3) is 5.91 Å². The molecule has 0 spiro atoms. The first-order valence-electron chi connectivity index (χ1n) is 6.12. The number of benzene rings is 1. The molecule has 4 nitrogen and oxygen atoms in total. The van der Waals surface area contributed by atoms with E-state index in [2.05, 4.69) is 5.32 Å². The van der Waals surface area contributed by atoms with Gasteiger partial charge < -0.3 is 10.4 Å².